The van der Waals surface area contributed by atoms with Crippen LogP contribution in [0.25, 0.3) is 11.0 Å². The monoisotopic (exact) mass is 380 g/mol. The maximum absolute atomic E-state index is 13.8. The lowest BCUT2D eigenvalue weighted by atomic mass is 9.97. The van der Waals surface area contributed by atoms with Crippen molar-refractivity contribution in [3.63, 3.8) is 0 Å². The number of likely N-dealkylation sites (tertiary alicyclic amines) is 1. The summed E-state index contributed by atoms with van der Waals surface area (Å²) >= 11 is 0. The van der Waals surface area contributed by atoms with Gasteiger partial charge in [-0.25, -0.2) is 9.37 Å². The molecule has 3 aromatic rings. The Morgan fingerprint density at radius 1 is 1.21 bits per heavy atom. The number of amides is 1. The molecule has 0 unspecified atom stereocenters. The zero-order valence-electron chi connectivity index (χ0n) is 16.1. The van der Waals surface area contributed by atoms with Crippen molar-refractivity contribution >= 4 is 22.6 Å². The number of anilines is 1. The maximum atomic E-state index is 13.8. The number of piperidine rings is 1. The van der Waals surface area contributed by atoms with Gasteiger partial charge in [0.15, 0.2) is 0 Å². The number of rotatable bonds is 5. The van der Waals surface area contributed by atoms with E-state index in [1.54, 1.807) is 18.2 Å². The van der Waals surface area contributed by atoms with E-state index >= 15 is 0 Å². The number of carbonyl (C=O) groups excluding carboxylic acids is 1. The van der Waals surface area contributed by atoms with Gasteiger partial charge in [-0.3, -0.25) is 9.69 Å². The van der Waals surface area contributed by atoms with Crippen LogP contribution in [0.1, 0.15) is 25.6 Å². The van der Waals surface area contributed by atoms with E-state index in [9.17, 15) is 9.18 Å². The summed E-state index contributed by atoms with van der Waals surface area (Å²) in [4.78, 5) is 19.7. The molecule has 28 heavy (non-hydrogen) atoms. The molecule has 1 atom stereocenters. The highest BCUT2D eigenvalue weighted by Gasteiger charge is 2.27. The van der Waals surface area contributed by atoms with Crippen LogP contribution >= 0.6 is 0 Å². The first-order chi connectivity index (χ1) is 13.7. The summed E-state index contributed by atoms with van der Waals surface area (Å²) in [6.07, 6.45) is 1.77. The van der Waals surface area contributed by atoms with Crippen molar-refractivity contribution in [1.29, 1.82) is 0 Å². The fourth-order valence-corrected chi connectivity index (χ4v) is 4.01. The van der Waals surface area contributed by atoms with Gasteiger partial charge in [0.25, 0.3) is 0 Å². The van der Waals surface area contributed by atoms with Gasteiger partial charge in [-0.2, -0.15) is 0 Å². The molecule has 0 spiro atoms. The van der Waals surface area contributed by atoms with Crippen LogP contribution in [0.15, 0.2) is 48.5 Å². The first kappa shape index (κ1) is 18.6. The van der Waals surface area contributed by atoms with E-state index in [1.165, 1.54) is 6.07 Å². The quantitative estimate of drug-likeness (QED) is 0.727. The van der Waals surface area contributed by atoms with E-state index in [4.69, 9.17) is 4.98 Å². The van der Waals surface area contributed by atoms with E-state index in [-0.39, 0.29) is 17.5 Å². The topological polar surface area (TPSA) is 50.2 Å². The number of carbonyl (C=O) groups is 1. The summed E-state index contributed by atoms with van der Waals surface area (Å²) in [7, 11) is 0. The van der Waals surface area contributed by atoms with Gasteiger partial charge in [0.05, 0.1) is 29.2 Å². The van der Waals surface area contributed by atoms with Crippen molar-refractivity contribution in [3.8, 4) is 0 Å². The molecule has 1 aromatic heterocycles. The molecule has 1 N–H and O–H groups in total. The first-order valence-electron chi connectivity index (χ1n) is 9.87. The number of hydrogen-bond acceptors (Lipinski definition) is 3. The predicted octanol–water partition coefficient (Wildman–Crippen LogP) is 4.05. The minimum absolute atomic E-state index is 0.112. The summed E-state index contributed by atoms with van der Waals surface area (Å²) < 4.78 is 16.1. The van der Waals surface area contributed by atoms with Crippen LogP contribution in [0.2, 0.25) is 0 Å². The van der Waals surface area contributed by atoms with Crippen molar-refractivity contribution in [2.45, 2.75) is 32.9 Å². The number of fused-ring (bicyclic) bond motifs is 1. The number of nitrogens with zero attached hydrogens (tertiary/aromatic N) is 3. The number of nitrogens with one attached hydrogen (secondary N) is 1. The summed E-state index contributed by atoms with van der Waals surface area (Å²) in [6, 6.07) is 14.5. The van der Waals surface area contributed by atoms with E-state index in [2.05, 4.69) is 27.8 Å². The Morgan fingerprint density at radius 2 is 2.00 bits per heavy atom. The third-order valence-electron chi connectivity index (χ3n) is 5.42. The van der Waals surface area contributed by atoms with Crippen LogP contribution in [-0.2, 0) is 17.9 Å². The Kier molecular flexibility index (Phi) is 5.39. The number of aromatic nitrogens is 2. The Bertz CT molecular complexity index is 984. The largest absolute Gasteiger partial charge is 0.327 e. The molecule has 5 nitrogen and oxygen atoms in total. The fourth-order valence-electron chi connectivity index (χ4n) is 4.01. The Hall–Kier alpha value is -2.73. The molecule has 4 rings (SSSR count). The van der Waals surface area contributed by atoms with E-state index in [1.807, 2.05) is 18.2 Å². The number of para-hydroxylation sites is 3. The first-order valence-corrected chi connectivity index (χ1v) is 9.87. The molecule has 6 heteroatoms. The lowest BCUT2D eigenvalue weighted by Crippen LogP contribution is -2.40. The van der Waals surface area contributed by atoms with Crippen molar-refractivity contribution in [1.82, 2.24) is 14.5 Å². The highest BCUT2D eigenvalue weighted by Crippen LogP contribution is 2.23. The summed E-state index contributed by atoms with van der Waals surface area (Å²) in [5, 5.41) is 2.75. The minimum atomic E-state index is -0.403. The molecular formula is C22H25FN4O. The standard InChI is InChI=1S/C22H25FN4O/c1-2-27-20-12-6-5-11-19(20)24-21(27)15-26-13-7-8-16(14-26)22(28)25-18-10-4-3-9-17(18)23/h3-6,9-12,16H,2,7-8,13-15H2,1H3,(H,25,28)/t16-/m0/s1. The highest BCUT2D eigenvalue weighted by atomic mass is 19.1. The molecule has 0 bridgehead atoms. The lowest BCUT2D eigenvalue weighted by Gasteiger charge is -2.31. The molecule has 1 fully saturated rings. The SMILES string of the molecule is CCn1c(CN2CCC[C@H](C(=O)Nc3ccccc3F)C2)nc2ccccc21. The number of benzene rings is 2. The lowest BCUT2D eigenvalue weighted by molar-refractivity contribution is -0.121. The summed E-state index contributed by atoms with van der Waals surface area (Å²) in [5.41, 5.74) is 2.40. The van der Waals surface area contributed by atoms with Gasteiger partial charge in [0.2, 0.25) is 5.91 Å². The third-order valence-corrected chi connectivity index (χ3v) is 5.42. The molecule has 0 saturated carbocycles. The average Bonchev–Trinajstić information content (AvgIpc) is 3.06. The molecule has 1 aliphatic rings. The van der Waals surface area contributed by atoms with Crippen molar-refractivity contribution < 1.29 is 9.18 Å². The van der Waals surface area contributed by atoms with Crippen molar-refractivity contribution in [3.05, 3.63) is 60.2 Å². The third kappa shape index (κ3) is 3.78. The van der Waals surface area contributed by atoms with Crippen molar-refractivity contribution in [2.75, 3.05) is 18.4 Å². The Morgan fingerprint density at radius 3 is 2.82 bits per heavy atom. The van der Waals surface area contributed by atoms with E-state index in [0.29, 0.717) is 13.1 Å². The second-order valence-corrected chi connectivity index (χ2v) is 7.30. The molecule has 146 valence electrons. The zero-order chi connectivity index (χ0) is 19.5. The van der Waals surface area contributed by atoms with Crippen LogP contribution in [0, 0.1) is 11.7 Å². The molecule has 0 radical (unpaired) electrons. The number of halogens is 1. The molecule has 0 aliphatic carbocycles. The Balaban J connectivity index is 1.46. The fraction of sp³-hybridized carbons (Fsp3) is 0.364. The molecule has 2 heterocycles. The van der Waals surface area contributed by atoms with Gasteiger partial charge >= 0.3 is 0 Å². The van der Waals surface area contributed by atoms with Crippen molar-refractivity contribution in [2.24, 2.45) is 5.92 Å². The summed E-state index contributed by atoms with van der Waals surface area (Å²) in [5.74, 6) is 0.366. The maximum Gasteiger partial charge on any atom is 0.228 e. The van der Waals surface area contributed by atoms with Crippen LogP contribution in [0.3, 0.4) is 0 Å². The van der Waals surface area contributed by atoms with Gasteiger partial charge in [0.1, 0.15) is 11.6 Å². The second kappa shape index (κ2) is 8.10. The van der Waals surface area contributed by atoms with Gasteiger partial charge in [-0.1, -0.05) is 24.3 Å². The van der Waals surface area contributed by atoms with Crippen LogP contribution in [-0.4, -0.2) is 33.4 Å². The molecular weight excluding hydrogens is 355 g/mol. The molecule has 2 aromatic carbocycles. The summed E-state index contributed by atoms with van der Waals surface area (Å²) in [6.45, 7) is 5.30. The predicted molar refractivity (Wildman–Crippen MR) is 108 cm³/mol. The number of hydrogen-bond donors (Lipinski definition) is 1. The Labute approximate surface area is 164 Å². The minimum Gasteiger partial charge on any atom is -0.327 e. The second-order valence-electron chi connectivity index (χ2n) is 7.30. The number of aryl methyl sites for hydroxylation is 1. The molecule has 1 aliphatic heterocycles. The number of imidazole rings is 1. The molecule has 1 amide bonds. The van der Waals surface area contributed by atoms with Gasteiger partial charge < -0.3 is 9.88 Å². The van der Waals surface area contributed by atoms with Crippen LogP contribution in [0.4, 0.5) is 10.1 Å². The zero-order valence-corrected chi connectivity index (χ0v) is 16.1. The van der Waals surface area contributed by atoms with E-state index in [0.717, 1.165) is 42.8 Å². The normalized spacial score (nSPS) is 17.7. The van der Waals surface area contributed by atoms with E-state index < -0.39 is 5.82 Å². The van der Waals surface area contributed by atoms with Gasteiger partial charge in [0, 0.05) is 13.1 Å². The average molecular weight is 380 g/mol. The van der Waals surface area contributed by atoms with Crippen LogP contribution < -0.4 is 5.32 Å². The molecule has 1 saturated heterocycles. The highest BCUT2D eigenvalue weighted by molar-refractivity contribution is 5.92. The smallest absolute Gasteiger partial charge is 0.228 e. The van der Waals surface area contributed by atoms with Gasteiger partial charge in [-0.15, -0.1) is 0 Å². The van der Waals surface area contributed by atoms with Gasteiger partial charge in [-0.05, 0) is 50.6 Å². The van der Waals surface area contributed by atoms with Crippen LogP contribution in [0.5, 0.6) is 0 Å².